The molecular weight excluding hydrogens is 340 g/mol. The van der Waals surface area contributed by atoms with Gasteiger partial charge in [0.25, 0.3) is 5.91 Å². The zero-order valence-corrected chi connectivity index (χ0v) is 15.3. The number of hydrogen-bond donors (Lipinski definition) is 1. The van der Waals surface area contributed by atoms with E-state index < -0.39 is 5.91 Å². The van der Waals surface area contributed by atoms with Crippen LogP contribution in [0.1, 0.15) is 27.6 Å². The Kier molecular flexibility index (Phi) is 4.16. The van der Waals surface area contributed by atoms with Crippen LogP contribution in [0.2, 0.25) is 0 Å². The van der Waals surface area contributed by atoms with E-state index in [1.54, 1.807) is 13.1 Å². The van der Waals surface area contributed by atoms with Crippen molar-refractivity contribution in [2.24, 2.45) is 0 Å². The summed E-state index contributed by atoms with van der Waals surface area (Å²) in [5.41, 5.74) is 5.82. The summed E-state index contributed by atoms with van der Waals surface area (Å²) in [6.07, 6.45) is 2.94. The number of carbonyl (C=O) groups excluding carboxylic acids is 1. The van der Waals surface area contributed by atoms with Gasteiger partial charge in [-0.15, -0.1) is 0 Å². The van der Waals surface area contributed by atoms with Gasteiger partial charge in [-0.3, -0.25) is 9.78 Å². The van der Waals surface area contributed by atoms with Crippen molar-refractivity contribution in [3.63, 3.8) is 0 Å². The van der Waals surface area contributed by atoms with Crippen LogP contribution >= 0.6 is 0 Å². The number of nitrogens with one attached hydrogen (secondary N) is 1. The molecule has 4 rings (SSSR count). The van der Waals surface area contributed by atoms with Crippen LogP contribution in [0.25, 0.3) is 22.2 Å². The van der Waals surface area contributed by atoms with Crippen LogP contribution in [0.15, 0.2) is 53.2 Å². The number of aromatic nitrogens is 3. The van der Waals surface area contributed by atoms with Gasteiger partial charge in [-0.05, 0) is 25.0 Å². The van der Waals surface area contributed by atoms with Crippen LogP contribution in [0.5, 0.6) is 0 Å². The van der Waals surface area contributed by atoms with Crippen LogP contribution in [0.3, 0.4) is 0 Å². The summed E-state index contributed by atoms with van der Waals surface area (Å²) in [7, 11) is 0. The molecule has 0 aliphatic carbocycles. The van der Waals surface area contributed by atoms with Crippen molar-refractivity contribution in [1.29, 1.82) is 0 Å². The van der Waals surface area contributed by atoms with Gasteiger partial charge < -0.3 is 9.73 Å². The highest BCUT2D eigenvalue weighted by atomic mass is 16.4. The lowest BCUT2D eigenvalue weighted by Crippen LogP contribution is -2.12. The van der Waals surface area contributed by atoms with Gasteiger partial charge in [0, 0.05) is 12.5 Å². The van der Waals surface area contributed by atoms with Gasteiger partial charge in [0.1, 0.15) is 0 Å². The first-order valence-corrected chi connectivity index (χ1v) is 8.58. The van der Waals surface area contributed by atoms with E-state index in [4.69, 9.17) is 4.42 Å². The first-order valence-electron chi connectivity index (χ1n) is 8.58. The lowest BCUT2D eigenvalue weighted by atomic mass is 10.0. The second-order valence-electron chi connectivity index (χ2n) is 6.45. The van der Waals surface area contributed by atoms with Crippen molar-refractivity contribution < 1.29 is 9.21 Å². The lowest BCUT2D eigenvalue weighted by Gasteiger charge is -2.10. The molecule has 0 fully saturated rings. The van der Waals surface area contributed by atoms with Crippen LogP contribution in [0.4, 0.5) is 5.82 Å². The van der Waals surface area contributed by atoms with E-state index in [9.17, 15) is 4.79 Å². The maximum absolute atomic E-state index is 12.3. The number of rotatable bonds is 3. The summed E-state index contributed by atoms with van der Waals surface area (Å²) in [6, 6.07) is 12.3. The molecule has 27 heavy (non-hydrogen) atoms. The van der Waals surface area contributed by atoms with Crippen molar-refractivity contribution in [1.82, 2.24) is 15.0 Å². The van der Waals surface area contributed by atoms with E-state index in [2.05, 4.69) is 51.5 Å². The Morgan fingerprint density at radius 3 is 2.41 bits per heavy atom. The molecule has 6 nitrogen and oxygen atoms in total. The number of nitrogens with zero attached hydrogens (tertiary/aromatic N) is 3. The fourth-order valence-corrected chi connectivity index (χ4v) is 2.90. The van der Waals surface area contributed by atoms with E-state index in [-0.39, 0.29) is 5.76 Å². The molecule has 0 aliphatic rings. The van der Waals surface area contributed by atoms with Gasteiger partial charge in [-0.2, -0.15) is 0 Å². The van der Waals surface area contributed by atoms with Gasteiger partial charge in [0.2, 0.25) is 5.76 Å². The summed E-state index contributed by atoms with van der Waals surface area (Å²) in [4.78, 5) is 25.4. The van der Waals surface area contributed by atoms with Crippen LogP contribution < -0.4 is 5.32 Å². The Labute approximate surface area is 156 Å². The normalized spacial score (nSPS) is 10.9. The van der Waals surface area contributed by atoms with Crippen LogP contribution in [0, 0.1) is 20.8 Å². The Hall–Kier alpha value is -3.54. The highest BCUT2D eigenvalue weighted by molar-refractivity contribution is 6.02. The molecule has 0 aliphatic heterocycles. The minimum atomic E-state index is -0.406. The van der Waals surface area contributed by atoms with Gasteiger partial charge in [0.15, 0.2) is 11.7 Å². The van der Waals surface area contributed by atoms with E-state index in [1.807, 2.05) is 19.1 Å². The van der Waals surface area contributed by atoms with Crippen molar-refractivity contribution >= 4 is 22.8 Å². The minimum absolute atomic E-state index is 0.138. The van der Waals surface area contributed by atoms with E-state index in [0.29, 0.717) is 11.7 Å². The molecule has 0 spiro atoms. The van der Waals surface area contributed by atoms with Gasteiger partial charge >= 0.3 is 0 Å². The molecular formula is C21H18N4O2. The second-order valence-corrected chi connectivity index (χ2v) is 6.45. The van der Waals surface area contributed by atoms with Gasteiger partial charge in [-0.25, -0.2) is 9.97 Å². The summed E-state index contributed by atoms with van der Waals surface area (Å²) in [5.74, 6) is 0.533. The molecule has 2 heterocycles. The Morgan fingerprint density at radius 1 is 0.926 bits per heavy atom. The fourth-order valence-electron chi connectivity index (χ4n) is 2.90. The van der Waals surface area contributed by atoms with E-state index in [1.165, 1.54) is 11.8 Å². The highest BCUT2D eigenvalue weighted by Gasteiger charge is 2.14. The first-order chi connectivity index (χ1) is 13.0. The average molecular weight is 358 g/mol. The van der Waals surface area contributed by atoms with E-state index >= 15 is 0 Å². The lowest BCUT2D eigenvalue weighted by molar-refractivity contribution is 0.0995. The third-order valence-corrected chi connectivity index (χ3v) is 4.35. The number of amides is 1. The second kappa shape index (κ2) is 6.64. The SMILES string of the molecule is Cc1ccc(-c2ccc(C)c3nc(NC(=O)c4cnc(C)o4)cnc23)cc1. The van der Waals surface area contributed by atoms with Crippen LogP contribution in [-0.4, -0.2) is 20.9 Å². The molecule has 0 unspecified atom stereocenters. The Bertz CT molecular complexity index is 1150. The topological polar surface area (TPSA) is 80.9 Å². The Morgan fingerprint density at radius 2 is 1.70 bits per heavy atom. The number of anilines is 1. The zero-order chi connectivity index (χ0) is 19.0. The third-order valence-electron chi connectivity index (χ3n) is 4.35. The highest BCUT2D eigenvalue weighted by Crippen LogP contribution is 2.29. The smallest absolute Gasteiger partial charge is 0.294 e. The molecule has 0 saturated carbocycles. The largest absolute Gasteiger partial charge is 0.436 e. The number of benzene rings is 2. The number of oxazole rings is 1. The molecule has 134 valence electrons. The standard InChI is InChI=1S/C21H18N4O2/c1-12-4-7-15(8-5-12)16-9-6-13(2)19-20(16)23-11-18(24-19)25-21(26)17-10-22-14(3)27-17/h4-11H,1-3H3,(H,24,25,26). The van der Waals surface area contributed by atoms with E-state index in [0.717, 1.165) is 27.7 Å². The fraction of sp³-hybridized carbons (Fsp3) is 0.143. The molecule has 1 amide bonds. The minimum Gasteiger partial charge on any atom is -0.436 e. The molecule has 4 aromatic rings. The predicted octanol–water partition coefficient (Wildman–Crippen LogP) is 4.46. The molecule has 2 aromatic carbocycles. The maximum Gasteiger partial charge on any atom is 0.294 e. The molecule has 0 saturated heterocycles. The number of aryl methyl sites for hydroxylation is 3. The molecule has 0 bridgehead atoms. The summed E-state index contributed by atoms with van der Waals surface area (Å²) in [5, 5.41) is 2.71. The molecule has 0 radical (unpaired) electrons. The Balaban J connectivity index is 1.73. The molecule has 6 heteroatoms. The van der Waals surface area contributed by atoms with Crippen molar-refractivity contribution in [2.45, 2.75) is 20.8 Å². The monoisotopic (exact) mass is 358 g/mol. The van der Waals surface area contributed by atoms with Crippen molar-refractivity contribution in [3.8, 4) is 11.1 Å². The van der Waals surface area contributed by atoms with Crippen molar-refractivity contribution in [2.75, 3.05) is 5.32 Å². The molecule has 0 atom stereocenters. The molecule has 1 N–H and O–H groups in total. The summed E-state index contributed by atoms with van der Waals surface area (Å²) in [6.45, 7) is 5.71. The number of carbonyl (C=O) groups is 1. The van der Waals surface area contributed by atoms with Gasteiger partial charge in [0.05, 0.1) is 23.4 Å². The predicted molar refractivity (Wildman–Crippen MR) is 104 cm³/mol. The summed E-state index contributed by atoms with van der Waals surface area (Å²) >= 11 is 0. The third kappa shape index (κ3) is 3.29. The summed E-state index contributed by atoms with van der Waals surface area (Å²) < 4.78 is 5.24. The first kappa shape index (κ1) is 16.9. The maximum atomic E-state index is 12.3. The average Bonchev–Trinajstić information content (AvgIpc) is 3.10. The van der Waals surface area contributed by atoms with Gasteiger partial charge in [-0.1, -0.05) is 42.0 Å². The number of fused-ring (bicyclic) bond motifs is 1. The number of hydrogen-bond acceptors (Lipinski definition) is 5. The van der Waals surface area contributed by atoms with Crippen LogP contribution in [-0.2, 0) is 0 Å². The zero-order valence-electron chi connectivity index (χ0n) is 15.3. The quantitative estimate of drug-likeness (QED) is 0.585. The molecule has 2 aromatic heterocycles. The van der Waals surface area contributed by atoms with Crippen molar-refractivity contribution in [3.05, 3.63) is 71.6 Å².